The fourth-order valence-corrected chi connectivity index (χ4v) is 4.68. The Hall–Kier alpha value is -1.86. The Kier molecular flexibility index (Phi) is 5.00. The van der Waals surface area contributed by atoms with Crippen LogP contribution in [0.1, 0.15) is 43.6 Å². The van der Waals surface area contributed by atoms with E-state index in [1.165, 1.54) is 32.1 Å². The summed E-state index contributed by atoms with van der Waals surface area (Å²) in [7, 11) is 2.14. The number of carbonyl (C=O) groups is 2. The molecule has 0 radical (unpaired) electrons. The second-order valence-electron chi connectivity index (χ2n) is 7.20. The number of nitrogens with zero attached hydrogens (tertiary/aromatic N) is 2. The standard InChI is InChI=1S/C19H23N3O3S/c1-22(13-5-3-2-4-6-13)11-17-20-14-9-12(7-8-15(14)25-17)10-16-18(23)21-19(24)26-16/h7-9,13,16H,2-6,10-11H2,1H3,(H,21,23,24). The highest BCUT2D eigenvalue weighted by molar-refractivity contribution is 8.15. The fraction of sp³-hybridized carbons (Fsp3) is 0.526. The maximum atomic E-state index is 11.7. The largest absolute Gasteiger partial charge is 0.439 e. The number of rotatable bonds is 5. The zero-order valence-corrected chi connectivity index (χ0v) is 15.7. The molecule has 1 aliphatic carbocycles. The molecule has 2 heterocycles. The van der Waals surface area contributed by atoms with Gasteiger partial charge in [-0.1, -0.05) is 37.1 Å². The maximum absolute atomic E-state index is 11.7. The molecule has 6 nitrogen and oxygen atoms in total. The summed E-state index contributed by atoms with van der Waals surface area (Å²) < 4.78 is 5.90. The number of carbonyl (C=O) groups excluding carboxylic acids is 2. The van der Waals surface area contributed by atoms with E-state index in [1.807, 2.05) is 18.2 Å². The molecule has 1 atom stereocenters. The SMILES string of the molecule is CN(Cc1nc2cc(CC3SC(=O)NC3=O)ccc2o1)C1CCCCC1. The van der Waals surface area contributed by atoms with Crippen molar-refractivity contribution in [2.24, 2.45) is 0 Å². The summed E-state index contributed by atoms with van der Waals surface area (Å²) in [6.07, 6.45) is 6.98. The van der Waals surface area contributed by atoms with Gasteiger partial charge in [0.2, 0.25) is 11.8 Å². The average Bonchev–Trinajstić information content (AvgIpc) is 3.17. The summed E-state index contributed by atoms with van der Waals surface area (Å²) in [6.45, 7) is 0.712. The molecular weight excluding hydrogens is 350 g/mol. The van der Waals surface area contributed by atoms with Crippen molar-refractivity contribution in [3.05, 3.63) is 29.7 Å². The number of benzene rings is 1. The van der Waals surface area contributed by atoms with E-state index in [2.05, 4.69) is 22.2 Å². The van der Waals surface area contributed by atoms with Crippen LogP contribution < -0.4 is 5.32 Å². The number of aromatic nitrogens is 1. The third-order valence-corrected chi connectivity index (χ3v) is 6.25. The van der Waals surface area contributed by atoms with Crippen LogP contribution in [0.2, 0.25) is 0 Å². The van der Waals surface area contributed by atoms with Gasteiger partial charge in [-0.05, 0) is 44.0 Å². The van der Waals surface area contributed by atoms with Gasteiger partial charge in [-0.2, -0.15) is 0 Å². The molecule has 1 saturated carbocycles. The Bertz CT molecular complexity index is 829. The van der Waals surface area contributed by atoms with Crippen LogP contribution in [-0.2, 0) is 17.8 Å². The highest BCUT2D eigenvalue weighted by atomic mass is 32.2. The second-order valence-corrected chi connectivity index (χ2v) is 8.38. The van der Waals surface area contributed by atoms with Gasteiger partial charge >= 0.3 is 0 Å². The molecule has 1 aromatic carbocycles. The summed E-state index contributed by atoms with van der Waals surface area (Å²) >= 11 is 1.05. The molecule has 4 rings (SSSR count). The first-order chi connectivity index (χ1) is 12.6. The molecule has 138 valence electrons. The van der Waals surface area contributed by atoms with Crippen molar-refractivity contribution in [1.82, 2.24) is 15.2 Å². The molecule has 1 aromatic heterocycles. The van der Waals surface area contributed by atoms with Crippen molar-refractivity contribution >= 4 is 34.0 Å². The van der Waals surface area contributed by atoms with Crippen molar-refractivity contribution < 1.29 is 14.0 Å². The minimum Gasteiger partial charge on any atom is -0.439 e. The topological polar surface area (TPSA) is 75.4 Å². The lowest BCUT2D eigenvalue weighted by atomic mass is 9.94. The van der Waals surface area contributed by atoms with Gasteiger partial charge in [0.15, 0.2) is 5.58 Å². The number of amides is 2. The molecule has 1 N–H and O–H groups in total. The van der Waals surface area contributed by atoms with E-state index in [4.69, 9.17) is 4.42 Å². The quantitative estimate of drug-likeness (QED) is 0.865. The van der Waals surface area contributed by atoms with E-state index in [9.17, 15) is 9.59 Å². The van der Waals surface area contributed by atoms with E-state index in [-0.39, 0.29) is 16.4 Å². The first-order valence-electron chi connectivity index (χ1n) is 9.18. The van der Waals surface area contributed by atoms with Gasteiger partial charge in [-0.15, -0.1) is 0 Å². The van der Waals surface area contributed by atoms with Crippen molar-refractivity contribution in [2.45, 2.75) is 56.4 Å². The van der Waals surface area contributed by atoms with Gasteiger partial charge in [-0.25, -0.2) is 4.98 Å². The molecular formula is C19H23N3O3S. The number of imide groups is 1. The number of hydrogen-bond donors (Lipinski definition) is 1. The summed E-state index contributed by atoms with van der Waals surface area (Å²) in [5.41, 5.74) is 2.56. The van der Waals surface area contributed by atoms with Gasteiger partial charge in [0, 0.05) is 6.04 Å². The van der Waals surface area contributed by atoms with Crippen molar-refractivity contribution in [3.63, 3.8) is 0 Å². The molecule has 2 amide bonds. The zero-order valence-electron chi connectivity index (χ0n) is 14.9. The molecule has 2 aromatic rings. The molecule has 1 aliphatic heterocycles. The van der Waals surface area contributed by atoms with Crippen LogP contribution in [0, 0.1) is 0 Å². The van der Waals surface area contributed by atoms with Gasteiger partial charge in [0.1, 0.15) is 5.52 Å². The predicted molar refractivity (Wildman–Crippen MR) is 101 cm³/mol. The molecule has 0 spiro atoms. The van der Waals surface area contributed by atoms with Crippen LogP contribution in [0.3, 0.4) is 0 Å². The molecule has 7 heteroatoms. The Balaban J connectivity index is 1.45. The Morgan fingerprint density at radius 1 is 1.27 bits per heavy atom. The molecule has 1 unspecified atom stereocenters. The highest BCUT2D eigenvalue weighted by Gasteiger charge is 2.31. The zero-order chi connectivity index (χ0) is 18.1. The van der Waals surface area contributed by atoms with E-state index in [0.29, 0.717) is 19.0 Å². The normalized spacial score (nSPS) is 21.7. The lowest BCUT2D eigenvalue weighted by Gasteiger charge is -2.30. The van der Waals surface area contributed by atoms with Crippen molar-refractivity contribution in [1.29, 1.82) is 0 Å². The summed E-state index contributed by atoms with van der Waals surface area (Å²) in [4.78, 5) is 30.0. The molecule has 2 fully saturated rings. The number of thioether (sulfide) groups is 1. The van der Waals surface area contributed by atoms with Gasteiger partial charge < -0.3 is 4.42 Å². The number of fused-ring (bicyclic) bond motifs is 1. The lowest BCUT2D eigenvalue weighted by molar-refractivity contribution is -0.118. The van der Waals surface area contributed by atoms with Crippen LogP contribution in [0.4, 0.5) is 4.79 Å². The Labute approximate surface area is 156 Å². The Morgan fingerprint density at radius 2 is 2.08 bits per heavy atom. The molecule has 1 saturated heterocycles. The van der Waals surface area contributed by atoms with Crippen molar-refractivity contribution in [3.8, 4) is 0 Å². The number of hydrogen-bond acceptors (Lipinski definition) is 6. The third kappa shape index (κ3) is 3.78. The van der Waals surface area contributed by atoms with E-state index >= 15 is 0 Å². The molecule has 26 heavy (non-hydrogen) atoms. The summed E-state index contributed by atoms with van der Waals surface area (Å²) in [6, 6.07) is 6.42. The lowest BCUT2D eigenvalue weighted by Crippen LogP contribution is -2.32. The minimum atomic E-state index is -0.358. The highest BCUT2D eigenvalue weighted by Crippen LogP contribution is 2.26. The van der Waals surface area contributed by atoms with E-state index < -0.39 is 0 Å². The van der Waals surface area contributed by atoms with E-state index in [1.54, 1.807) is 0 Å². The first-order valence-corrected chi connectivity index (χ1v) is 10.1. The second kappa shape index (κ2) is 7.40. The smallest absolute Gasteiger partial charge is 0.286 e. The van der Waals surface area contributed by atoms with Crippen LogP contribution in [0.15, 0.2) is 22.6 Å². The van der Waals surface area contributed by atoms with Crippen molar-refractivity contribution in [2.75, 3.05) is 7.05 Å². The van der Waals surface area contributed by atoms with E-state index in [0.717, 1.165) is 34.3 Å². The van der Waals surface area contributed by atoms with Crippen LogP contribution in [0.5, 0.6) is 0 Å². The molecule has 2 aliphatic rings. The van der Waals surface area contributed by atoms with Gasteiger partial charge in [0.25, 0.3) is 5.24 Å². The minimum absolute atomic E-state index is 0.213. The van der Waals surface area contributed by atoms with Crippen LogP contribution >= 0.6 is 11.8 Å². The fourth-order valence-electron chi connectivity index (χ4n) is 3.82. The number of oxazole rings is 1. The average molecular weight is 373 g/mol. The monoisotopic (exact) mass is 373 g/mol. The van der Waals surface area contributed by atoms with Gasteiger partial charge in [-0.3, -0.25) is 19.8 Å². The van der Waals surface area contributed by atoms with Crippen LogP contribution in [0.25, 0.3) is 11.1 Å². The number of nitrogens with one attached hydrogen (secondary N) is 1. The third-order valence-electron chi connectivity index (χ3n) is 5.27. The maximum Gasteiger partial charge on any atom is 0.286 e. The summed E-state index contributed by atoms with van der Waals surface area (Å²) in [5.74, 6) is 0.517. The Morgan fingerprint density at radius 3 is 2.81 bits per heavy atom. The first kappa shape index (κ1) is 17.5. The van der Waals surface area contributed by atoms with Crippen LogP contribution in [-0.4, -0.2) is 39.4 Å². The van der Waals surface area contributed by atoms with Gasteiger partial charge in [0.05, 0.1) is 11.8 Å². The molecule has 0 bridgehead atoms. The summed E-state index contributed by atoms with van der Waals surface area (Å²) in [5, 5.41) is 1.70. The predicted octanol–water partition coefficient (Wildman–Crippen LogP) is 3.49.